The predicted molar refractivity (Wildman–Crippen MR) is 53.9 cm³/mol. The van der Waals surface area contributed by atoms with Gasteiger partial charge in [0.2, 0.25) is 5.82 Å². The van der Waals surface area contributed by atoms with Crippen LogP contribution in [0.4, 0.5) is 0 Å². The second-order valence-corrected chi connectivity index (χ2v) is 3.90. The van der Waals surface area contributed by atoms with Crippen LogP contribution in [0, 0.1) is 17.2 Å². The molecule has 1 heterocycles. The van der Waals surface area contributed by atoms with Crippen molar-refractivity contribution < 1.29 is 4.79 Å². The van der Waals surface area contributed by atoms with Gasteiger partial charge in [-0.1, -0.05) is 0 Å². The van der Waals surface area contributed by atoms with Crippen LogP contribution in [0.1, 0.15) is 31.5 Å². The van der Waals surface area contributed by atoms with Gasteiger partial charge in [-0.3, -0.25) is 4.79 Å². The van der Waals surface area contributed by atoms with Crippen LogP contribution < -0.4 is 0 Å². The summed E-state index contributed by atoms with van der Waals surface area (Å²) >= 11 is 0. The lowest BCUT2D eigenvalue weighted by molar-refractivity contribution is -0.120. The van der Waals surface area contributed by atoms with Gasteiger partial charge in [-0.05, 0) is 19.3 Å². The van der Waals surface area contributed by atoms with Gasteiger partial charge in [-0.25, -0.2) is 4.98 Å². The maximum atomic E-state index is 11.4. The monoisotopic (exact) mass is 203 g/mol. The lowest BCUT2D eigenvalue weighted by Gasteiger charge is -2.08. The Morgan fingerprint density at radius 3 is 3.20 bits per heavy atom. The Bertz CT molecular complexity index is 402. The molecule has 0 saturated heterocycles. The maximum Gasteiger partial charge on any atom is 0.212 e. The van der Waals surface area contributed by atoms with Crippen molar-refractivity contribution in [3.8, 4) is 6.07 Å². The Morgan fingerprint density at radius 2 is 2.53 bits per heavy atom. The summed E-state index contributed by atoms with van der Waals surface area (Å²) in [5, 5.41) is 8.75. The topological polar surface area (TPSA) is 58.7 Å². The molecule has 1 aliphatic rings. The van der Waals surface area contributed by atoms with E-state index in [9.17, 15) is 4.79 Å². The van der Waals surface area contributed by atoms with Gasteiger partial charge in [0.25, 0.3) is 0 Å². The summed E-state index contributed by atoms with van der Waals surface area (Å²) in [7, 11) is 0. The van der Waals surface area contributed by atoms with E-state index in [4.69, 9.17) is 5.26 Å². The van der Waals surface area contributed by atoms with Gasteiger partial charge in [0.1, 0.15) is 11.9 Å². The van der Waals surface area contributed by atoms with E-state index in [0.29, 0.717) is 11.6 Å². The van der Waals surface area contributed by atoms with Crippen LogP contribution in [0.2, 0.25) is 0 Å². The molecule has 1 aromatic rings. The minimum Gasteiger partial charge on any atom is -0.323 e. The van der Waals surface area contributed by atoms with Crippen LogP contribution in [-0.4, -0.2) is 15.3 Å². The summed E-state index contributed by atoms with van der Waals surface area (Å²) in [5.74, 6) is 1.02. The highest BCUT2D eigenvalue weighted by molar-refractivity contribution is 5.82. The fraction of sp³-hybridized carbons (Fsp3) is 0.545. The molecule has 0 bridgehead atoms. The summed E-state index contributed by atoms with van der Waals surface area (Å²) in [6.07, 6.45) is 7.02. The van der Waals surface area contributed by atoms with Crippen molar-refractivity contribution >= 4 is 5.78 Å². The highest BCUT2D eigenvalue weighted by Crippen LogP contribution is 2.24. The molecule has 1 fully saturated rings. The largest absolute Gasteiger partial charge is 0.323 e. The number of ketones is 1. The van der Waals surface area contributed by atoms with Crippen LogP contribution in [-0.2, 0) is 11.3 Å². The average molecular weight is 203 g/mol. The zero-order valence-corrected chi connectivity index (χ0v) is 8.52. The molecule has 4 heteroatoms. The number of carbonyl (C=O) groups excluding carboxylic acids is 1. The Morgan fingerprint density at radius 1 is 1.67 bits per heavy atom. The van der Waals surface area contributed by atoms with Crippen molar-refractivity contribution in [1.82, 2.24) is 9.55 Å². The van der Waals surface area contributed by atoms with E-state index in [-0.39, 0.29) is 5.92 Å². The molecule has 1 atom stereocenters. The van der Waals surface area contributed by atoms with Gasteiger partial charge in [0.05, 0.1) is 0 Å². The number of hydrogen-bond acceptors (Lipinski definition) is 3. The number of aromatic nitrogens is 2. The van der Waals surface area contributed by atoms with Crippen LogP contribution in [0.25, 0.3) is 0 Å². The Kier molecular flexibility index (Phi) is 2.82. The number of imidazole rings is 1. The van der Waals surface area contributed by atoms with Crippen molar-refractivity contribution in [2.45, 2.75) is 32.2 Å². The van der Waals surface area contributed by atoms with E-state index >= 15 is 0 Å². The molecule has 15 heavy (non-hydrogen) atoms. The lowest BCUT2D eigenvalue weighted by Crippen LogP contribution is -2.10. The minimum atomic E-state index is 0.207. The van der Waals surface area contributed by atoms with E-state index in [1.165, 1.54) is 0 Å². The summed E-state index contributed by atoms with van der Waals surface area (Å²) < 4.78 is 1.81. The molecule has 1 aliphatic carbocycles. The lowest BCUT2D eigenvalue weighted by atomic mass is 10.0. The van der Waals surface area contributed by atoms with Gasteiger partial charge in [0, 0.05) is 31.3 Å². The smallest absolute Gasteiger partial charge is 0.212 e. The zero-order chi connectivity index (χ0) is 10.7. The maximum absolute atomic E-state index is 11.4. The molecule has 2 rings (SSSR count). The van der Waals surface area contributed by atoms with Gasteiger partial charge in [-0.2, -0.15) is 5.26 Å². The first kappa shape index (κ1) is 9.91. The van der Waals surface area contributed by atoms with Gasteiger partial charge >= 0.3 is 0 Å². The fourth-order valence-electron chi connectivity index (χ4n) is 2.09. The Balaban J connectivity index is 1.93. The molecular weight excluding hydrogens is 190 g/mol. The highest BCUT2D eigenvalue weighted by Gasteiger charge is 2.23. The van der Waals surface area contributed by atoms with Gasteiger partial charge in [-0.15, -0.1) is 0 Å². The van der Waals surface area contributed by atoms with Crippen LogP contribution in [0.15, 0.2) is 12.4 Å². The highest BCUT2D eigenvalue weighted by atomic mass is 16.1. The van der Waals surface area contributed by atoms with Crippen LogP contribution in [0.5, 0.6) is 0 Å². The molecule has 1 unspecified atom stereocenters. The zero-order valence-electron chi connectivity index (χ0n) is 8.52. The molecule has 78 valence electrons. The molecule has 0 spiro atoms. The van der Waals surface area contributed by atoms with Crippen LogP contribution >= 0.6 is 0 Å². The number of nitrogens with zero attached hydrogens (tertiary/aromatic N) is 3. The third kappa shape index (κ3) is 2.07. The first-order valence-corrected chi connectivity index (χ1v) is 5.25. The van der Waals surface area contributed by atoms with Crippen molar-refractivity contribution in [2.24, 2.45) is 5.92 Å². The summed E-state index contributed by atoms with van der Waals surface area (Å²) in [4.78, 5) is 15.3. The number of rotatable bonds is 3. The van der Waals surface area contributed by atoms with E-state index in [2.05, 4.69) is 4.98 Å². The normalized spacial score (nSPS) is 20.5. The van der Waals surface area contributed by atoms with Crippen molar-refractivity contribution in [3.05, 3.63) is 18.2 Å². The summed E-state index contributed by atoms with van der Waals surface area (Å²) in [5.41, 5.74) is 0. The SMILES string of the molecule is N#Cc1nccn1CCC1CCCC1=O. The summed E-state index contributed by atoms with van der Waals surface area (Å²) in [6.45, 7) is 0.722. The van der Waals surface area contributed by atoms with E-state index in [1.807, 2.05) is 10.6 Å². The average Bonchev–Trinajstić information content (AvgIpc) is 2.83. The quantitative estimate of drug-likeness (QED) is 0.748. The third-order valence-corrected chi connectivity index (χ3v) is 2.97. The van der Waals surface area contributed by atoms with E-state index in [1.54, 1.807) is 12.4 Å². The first-order chi connectivity index (χ1) is 7.31. The molecule has 4 nitrogen and oxygen atoms in total. The number of aryl methyl sites for hydroxylation is 1. The second kappa shape index (κ2) is 4.26. The summed E-state index contributed by atoms with van der Waals surface area (Å²) in [6, 6.07) is 2.03. The standard InChI is InChI=1S/C11H13N3O/c12-8-11-13-5-7-14(11)6-4-9-2-1-3-10(9)15/h5,7,9H,1-4,6H2. The molecule has 1 saturated carbocycles. The molecule has 0 amide bonds. The number of nitriles is 1. The van der Waals surface area contributed by atoms with Gasteiger partial charge in [0.15, 0.2) is 0 Å². The minimum absolute atomic E-state index is 0.207. The Hall–Kier alpha value is -1.63. The molecule has 1 aromatic heterocycles. The molecule has 0 aliphatic heterocycles. The fourth-order valence-corrected chi connectivity index (χ4v) is 2.09. The number of carbonyl (C=O) groups is 1. The number of hydrogen-bond donors (Lipinski definition) is 0. The van der Waals surface area contributed by atoms with Crippen molar-refractivity contribution in [1.29, 1.82) is 5.26 Å². The van der Waals surface area contributed by atoms with Gasteiger partial charge < -0.3 is 4.57 Å². The first-order valence-electron chi connectivity index (χ1n) is 5.25. The van der Waals surface area contributed by atoms with Crippen LogP contribution in [0.3, 0.4) is 0 Å². The molecule has 0 N–H and O–H groups in total. The second-order valence-electron chi connectivity index (χ2n) is 3.90. The van der Waals surface area contributed by atoms with Crippen molar-refractivity contribution in [2.75, 3.05) is 0 Å². The molecular formula is C11H13N3O. The third-order valence-electron chi connectivity index (χ3n) is 2.97. The number of Topliss-reactive ketones (excluding diaryl/α,β-unsaturated/α-hetero) is 1. The predicted octanol–water partition coefficient (Wildman–Crippen LogP) is 1.51. The van der Waals surface area contributed by atoms with E-state index < -0.39 is 0 Å². The molecule has 0 radical (unpaired) electrons. The Labute approximate surface area is 88.5 Å². The molecule has 0 aromatic carbocycles. The van der Waals surface area contributed by atoms with E-state index in [0.717, 1.165) is 32.2 Å². The van der Waals surface area contributed by atoms with Crippen molar-refractivity contribution in [3.63, 3.8) is 0 Å².